The number of hydrogen-bond acceptors (Lipinski definition) is 5. The Kier molecular flexibility index (Phi) is 3.46. The first-order chi connectivity index (χ1) is 10.5. The van der Waals surface area contributed by atoms with Crippen molar-refractivity contribution in [2.24, 2.45) is 0 Å². The second-order valence-electron chi connectivity index (χ2n) is 4.77. The Hall–Kier alpha value is -2.96. The highest BCUT2D eigenvalue weighted by Gasteiger charge is 2.11. The van der Waals surface area contributed by atoms with E-state index < -0.39 is 11.6 Å². The van der Waals surface area contributed by atoms with Gasteiger partial charge in [0.1, 0.15) is 11.5 Å². The van der Waals surface area contributed by atoms with Crippen LogP contribution >= 0.6 is 0 Å². The lowest BCUT2D eigenvalue weighted by molar-refractivity contribution is 0.417. The first-order valence-electron chi connectivity index (χ1n) is 6.51. The van der Waals surface area contributed by atoms with Crippen molar-refractivity contribution in [2.45, 2.75) is 13.5 Å². The number of aromatic nitrogens is 3. The largest absolute Gasteiger partial charge is 0.505 e. The summed E-state index contributed by atoms with van der Waals surface area (Å²) < 4.78 is 19.7. The van der Waals surface area contributed by atoms with Gasteiger partial charge in [-0.25, -0.2) is 9.37 Å². The van der Waals surface area contributed by atoms with Crippen molar-refractivity contribution >= 4 is 0 Å². The second kappa shape index (κ2) is 5.44. The first-order valence-corrected chi connectivity index (χ1v) is 6.51. The van der Waals surface area contributed by atoms with Crippen LogP contribution < -0.4 is 5.56 Å². The van der Waals surface area contributed by atoms with Crippen LogP contribution in [0.4, 0.5) is 4.39 Å². The van der Waals surface area contributed by atoms with Crippen molar-refractivity contribution in [1.82, 2.24) is 14.7 Å². The third kappa shape index (κ3) is 2.60. The van der Waals surface area contributed by atoms with E-state index in [0.717, 1.165) is 6.07 Å². The van der Waals surface area contributed by atoms with E-state index in [1.165, 1.54) is 29.0 Å². The lowest BCUT2D eigenvalue weighted by Crippen LogP contribution is -2.22. The Bertz CT molecular complexity index is 886. The third-order valence-electron chi connectivity index (χ3n) is 3.24. The van der Waals surface area contributed by atoms with Crippen molar-refractivity contribution in [1.29, 1.82) is 0 Å². The normalized spacial score (nSPS) is 10.8. The number of aromatic hydroxyl groups is 1. The average molecular weight is 301 g/mol. The van der Waals surface area contributed by atoms with Gasteiger partial charge in [-0.1, -0.05) is 5.16 Å². The molecular formula is C15H12FN3O3. The fourth-order valence-electron chi connectivity index (χ4n) is 2.07. The zero-order chi connectivity index (χ0) is 15.7. The minimum Gasteiger partial charge on any atom is -0.505 e. The number of halogens is 1. The number of hydrogen-bond donors (Lipinski definition) is 1. The summed E-state index contributed by atoms with van der Waals surface area (Å²) in [6.07, 6.45) is 1.45. The molecule has 1 aromatic carbocycles. The molecule has 0 aliphatic rings. The van der Waals surface area contributed by atoms with Gasteiger partial charge in [0, 0.05) is 23.9 Å². The molecule has 0 atom stereocenters. The molecule has 1 N–H and O–H groups in total. The molecule has 0 fully saturated rings. The fourth-order valence-corrected chi connectivity index (χ4v) is 2.07. The van der Waals surface area contributed by atoms with E-state index in [1.54, 1.807) is 13.0 Å². The standard InChI is InChI=1S/C15H12FN3O3/c1-9-17-5-4-15(21)19(9)8-11-7-14(22-18-11)10-2-3-12(16)13(20)6-10/h2-7,20H,8H2,1H3. The molecule has 3 aromatic rings. The quantitative estimate of drug-likeness (QED) is 0.801. The molecule has 0 aliphatic heterocycles. The predicted octanol–water partition coefficient (Wildman–Crippen LogP) is 2.10. The molecular weight excluding hydrogens is 289 g/mol. The Morgan fingerprint density at radius 2 is 2.14 bits per heavy atom. The highest BCUT2D eigenvalue weighted by atomic mass is 19.1. The number of rotatable bonds is 3. The number of phenolic OH excluding ortho intramolecular Hbond substituents is 1. The van der Waals surface area contributed by atoms with Gasteiger partial charge in [-0.3, -0.25) is 9.36 Å². The van der Waals surface area contributed by atoms with Gasteiger partial charge in [0.2, 0.25) is 0 Å². The van der Waals surface area contributed by atoms with E-state index in [-0.39, 0.29) is 12.1 Å². The molecule has 112 valence electrons. The molecule has 0 saturated heterocycles. The molecule has 6 nitrogen and oxygen atoms in total. The lowest BCUT2D eigenvalue weighted by atomic mass is 10.1. The molecule has 22 heavy (non-hydrogen) atoms. The Labute approximate surface area is 124 Å². The summed E-state index contributed by atoms with van der Waals surface area (Å²) >= 11 is 0. The van der Waals surface area contributed by atoms with Crippen molar-refractivity contribution in [3.05, 3.63) is 64.2 Å². The maximum atomic E-state index is 13.1. The summed E-state index contributed by atoms with van der Waals surface area (Å²) in [4.78, 5) is 15.8. The van der Waals surface area contributed by atoms with Crippen LogP contribution in [0, 0.1) is 12.7 Å². The van der Waals surface area contributed by atoms with Gasteiger partial charge in [-0.05, 0) is 25.1 Å². The second-order valence-corrected chi connectivity index (χ2v) is 4.77. The molecule has 3 rings (SSSR count). The van der Waals surface area contributed by atoms with Gasteiger partial charge in [0.25, 0.3) is 5.56 Å². The molecule has 0 saturated carbocycles. The maximum absolute atomic E-state index is 13.1. The van der Waals surface area contributed by atoms with E-state index >= 15 is 0 Å². The van der Waals surface area contributed by atoms with Crippen LogP contribution in [0.25, 0.3) is 11.3 Å². The minimum absolute atomic E-state index is 0.184. The zero-order valence-corrected chi connectivity index (χ0v) is 11.7. The third-order valence-corrected chi connectivity index (χ3v) is 3.24. The van der Waals surface area contributed by atoms with Gasteiger partial charge < -0.3 is 9.63 Å². The number of phenols is 1. The van der Waals surface area contributed by atoms with Crippen LogP contribution in [0.1, 0.15) is 11.5 Å². The van der Waals surface area contributed by atoms with Crippen LogP contribution in [0.5, 0.6) is 5.75 Å². The minimum atomic E-state index is -0.707. The van der Waals surface area contributed by atoms with E-state index in [1.807, 2.05) is 0 Å². The van der Waals surface area contributed by atoms with Crippen LogP contribution in [0.3, 0.4) is 0 Å². The van der Waals surface area contributed by atoms with Crippen LogP contribution in [0.15, 0.2) is 45.8 Å². The molecule has 0 aliphatic carbocycles. The maximum Gasteiger partial charge on any atom is 0.253 e. The summed E-state index contributed by atoms with van der Waals surface area (Å²) in [6, 6.07) is 6.86. The number of nitrogens with zero attached hydrogens (tertiary/aromatic N) is 3. The smallest absolute Gasteiger partial charge is 0.253 e. The topological polar surface area (TPSA) is 81.2 Å². The summed E-state index contributed by atoms with van der Waals surface area (Å²) in [5, 5.41) is 13.3. The van der Waals surface area contributed by atoms with Crippen LogP contribution in [-0.2, 0) is 6.54 Å². The van der Waals surface area contributed by atoms with Crippen molar-refractivity contribution in [3.63, 3.8) is 0 Å². The highest BCUT2D eigenvalue weighted by molar-refractivity contribution is 5.59. The number of aryl methyl sites for hydroxylation is 1. The van der Waals surface area contributed by atoms with E-state index in [0.29, 0.717) is 22.8 Å². The summed E-state index contributed by atoms with van der Waals surface area (Å²) in [7, 11) is 0. The van der Waals surface area contributed by atoms with Gasteiger partial charge in [0.05, 0.1) is 6.54 Å². The summed E-state index contributed by atoms with van der Waals surface area (Å²) in [5.74, 6) is -0.229. The SMILES string of the molecule is Cc1nccc(=O)n1Cc1cc(-c2ccc(F)c(O)c2)on1. The van der Waals surface area contributed by atoms with Crippen LogP contribution in [-0.4, -0.2) is 19.8 Å². The van der Waals surface area contributed by atoms with Gasteiger partial charge in [0.15, 0.2) is 17.3 Å². The van der Waals surface area contributed by atoms with Gasteiger partial charge in [-0.2, -0.15) is 0 Å². The van der Waals surface area contributed by atoms with E-state index in [9.17, 15) is 14.3 Å². The van der Waals surface area contributed by atoms with Gasteiger partial charge in [-0.15, -0.1) is 0 Å². The summed E-state index contributed by atoms with van der Waals surface area (Å²) in [5.41, 5.74) is 0.835. The van der Waals surface area contributed by atoms with Gasteiger partial charge >= 0.3 is 0 Å². The Morgan fingerprint density at radius 3 is 2.86 bits per heavy atom. The molecule has 0 spiro atoms. The lowest BCUT2D eigenvalue weighted by Gasteiger charge is -2.04. The molecule has 0 amide bonds. The molecule has 7 heteroatoms. The van der Waals surface area contributed by atoms with Crippen LogP contribution in [0.2, 0.25) is 0 Å². The Morgan fingerprint density at radius 1 is 1.32 bits per heavy atom. The first kappa shape index (κ1) is 14.0. The molecule has 2 aromatic heterocycles. The average Bonchev–Trinajstić information content (AvgIpc) is 2.95. The highest BCUT2D eigenvalue weighted by Crippen LogP contribution is 2.26. The monoisotopic (exact) mass is 301 g/mol. The number of benzene rings is 1. The Balaban J connectivity index is 1.91. The molecule has 0 unspecified atom stereocenters. The van der Waals surface area contributed by atoms with E-state index in [4.69, 9.17) is 4.52 Å². The summed E-state index contributed by atoms with van der Waals surface area (Å²) in [6.45, 7) is 1.94. The van der Waals surface area contributed by atoms with E-state index in [2.05, 4.69) is 10.1 Å². The fraction of sp³-hybridized carbons (Fsp3) is 0.133. The van der Waals surface area contributed by atoms with Crippen molar-refractivity contribution in [3.8, 4) is 17.1 Å². The molecule has 0 radical (unpaired) electrons. The predicted molar refractivity (Wildman–Crippen MR) is 75.9 cm³/mol. The van der Waals surface area contributed by atoms with Crippen molar-refractivity contribution < 1.29 is 14.0 Å². The molecule has 0 bridgehead atoms. The van der Waals surface area contributed by atoms with Crippen molar-refractivity contribution in [2.75, 3.05) is 0 Å². The molecule has 2 heterocycles. The zero-order valence-electron chi connectivity index (χ0n) is 11.7.